The van der Waals surface area contributed by atoms with E-state index in [1.807, 2.05) is 26.0 Å². The summed E-state index contributed by atoms with van der Waals surface area (Å²) in [5, 5.41) is 0. The van der Waals surface area contributed by atoms with Crippen LogP contribution in [0.2, 0.25) is 0 Å². The zero-order valence-corrected chi connectivity index (χ0v) is 14.0. The Labute approximate surface area is 136 Å². The zero-order chi connectivity index (χ0) is 15.8. The van der Waals surface area contributed by atoms with E-state index in [0.717, 1.165) is 44.4 Å². The van der Waals surface area contributed by atoms with Crippen LogP contribution in [0.25, 0.3) is 0 Å². The highest BCUT2D eigenvalue weighted by molar-refractivity contribution is 7.97. The molecule has 0 aromatic heterocycles. The molecule has 1 fully saturated rings. The molecule has 1 aromatic carbocycles. The first-order chi connectivity index (χ1) is 10.6. The molecule has 0 unspecified atom stereocenters. The summed E-state index contributed by atoms with van der Waals surface area (Å²) in [5.74, 6) is 1.59. The normalized spacial score (nSPS) is 15.8. The van der Waals surface area contributed by atoms with Gasteiger partial charge in [0.25, 0.3) is 5.91 Å². The number of amides is 1. The molecule has 0 saturated carbocycles. The molecule has 1 amide bonds. The molecule has 1 aliphatic heterocycles. The third-order valence-corrected chi connectivity index (χ3v) is 3.98. The predicted molar refractivity (Wildman–Crippen MR) is 89.4 cm³/mol. The number of benzene rings is 1. The van der Waals surface area contributed by atoms with E-state index in [9.17, 15) is 4.79 Å². The number of ether oxygens (including phenoxy) is 2. The largest absolute Gasteiger partial charge is 0.491 e. The van der Waals surface area contributed by atoms with Crippen LogP contribution in [0.15, 0.2) is 24.3 Å². The molecule has 0 bridgehead atoms. The van der Waals surface area contributed by atoms with E-state index in [2.05, 4.69) is 9.62 Å². The van der Waals surface area contributed by atoms with Crippen LogP contribution >= 0.6 is 11.9 Å². The van der Waals surface area contributed by atoms with Crippen molar-refractivity contribution < 1.29 is 14.3 Å². The highest BCUT2D eigenvalue weighted by atomic mass is 32.2. The quantitative estimate of drug-likeness (QED) is 0.615. The van der Waals surface area contributed by atoms with Crippen molar-refractivity contribution in [2.24, 2.45) is 0 Å². The number of hydrogen-bond acceptors (Lipinski definition) is 5. The smallest absolute Gasteiger partial charge is 0.261 e. The highest BCUT2D eigenvalue weighted by Gasteiger charge is 2.10. The van der Waals surface area contributed by atoms with Crippen molar-refractivity contribution in [3.8, 4) is 5.75 Å². The molecule has 6 heteroatoms. The maximum absolute atomic E-state index is 12.0. The van der Waals surface area contributed by atoms with Crippen LogP contribution in [0.3, 0.4) is 0 Å². The van der Waals surface area contributed by atoms with Gasteiger partial charge >= 0.3 is 0 Å². The van der Waals surface area contributed by atoms with Crippen LogP contribution in [0.1, 0.15) is 24.2 Å². The number of nitrogens with one attached hydrogen (secondary N) is 1. The summed E-state index contributed by atoms with van der Waals surface area (Å²) in [6.45, 7) is 8.49. The molecular weight excluding hydrogens is 300 g/mol. The van der Waals surface area contributed by atoms with E-state index >= 15 is 0 Å². The van der Waals surface area contributed by atoms with Gasteiger partial charge in [-0.2, -0.15) is 0 Å². The van der Waals surface area contributed by atoms with Crippen LogP contribution in [-0.4, -0.2) is 55.5 Å². The fourth-order valence-electron chi connectivity index (χ4n) is 2.13. The highest BCUT2D eigenvalue weighted by Crippen LogP contribution is 2.14. The van der Waals surface area contributed by atoms with E-state index in [4.69, 9.17) is 9.47 Å². The summed E-state index contributed by atoms with van der Waals surface area (Å²) < 4.78 is 13.7. The fraction of sp³-hybridized carbons (Fsp3) is 0.562. The Bertz CT molecular complexity index is 459. The number of carbonyl (C=O) groups is 1. The number of hydrogen-bond donors (Lipinski definition) is 1. The number of carbonyl (C=O) groups excluding carboxylic acids is 1. The van der Waals surface area contributed by atoms with Gasteiger partial charge in [0.1, 0.15) is 5.75 Å². The Morgan fingerprint density at radius 2 is 2.00 bits per heavy atom. The van der Waals surface area contributed by atoms with Crippen molar-refractivity contribution >= 4 is 17.9 Å². The van der Waals surface area contributed by atoms with Crippen LogP contribution in [0, 0.1) is 0 Å². The summed E-state index contributed by atoms with van der Waals surface area (Å²) in [5.41, 5.74) is 0.648. The third-order valence-electron chi connectivity index (χ3n) is 3.27. The monoisotopic (exact) mass is 324 g/mol. The Hall–Kier alpha value is -1.24. The van der Waals surface area contributed by atoms with Crippen molar-refractivity contribution in [2.45, 2.75) is 20.0 Å². The first-order valence-electron chi connectivity index (χ1n) is 7.64. The van der Waals surface area contributed by atoms with E-state index in [1.54, 1.807) is 12.1 Å². The Morgan fingerprint density at radius 1 is 1.32 bits per heavy atom. The van der Waals surface area contributed by atoms with Crippen molar-refractivity contribution in [2.75, 3.05) is 38.6 Å². The molecule has 1 heterocycles. The molecule has 1 N–H and O–H groups in total. The molecule has 0 aliphatic carbocycles. The number of nitrogens with zero attached hydrogens (tertiary/aromatic N) is 1. The summed E-state index contributed by atoms with van der Waals surface area (Å²) in [4.78, 5) is 14.4. The molecule has 0 radical (unpaired) electrons. The minimum absolute atomic E-state index is 0.0666. The molecule has 0 spiro atoms. The van der Waals surface area contributed by atoms with Gasteiger partial charge in [0.2, 0.25) is 0 Å². The first kappa shape index (κ1) is 17.1. The topological polar surface area (TPSA) is 50.8 Å². The molecule has 22 heavy (non-hydrogen) atoms. The molecule has 5 nitrogen and oxygen atoms in total. The molecule has 1 aliphatic rings. The molecule has 1 saturated heterocycles. The molecule has 2 rings (SSSR count). The molecular formula is C16H24N2O3S. The van der Waals surface area contributed by atoms with Gasteiger partial charge < -0.3 is 9.47 Å². The maximum atomic E-state index is 12.0. The van der Waals surface area contributed by atoms with Gasteiger partial charge in [0.15, 0.2) is 0 Å². The average molecular weight is 324 g/mol. The summed E-state index contributed by atoms with van der Waals surface area (Å²) in [6.07, 6.45) is 0.135. The summed E-state index contributed by atoms with van der Waals surface area (Å²) in [6, 6.07) is 7.23. The van der Waals surface area contributed by atoms with E-state index in [0.29, 0.717) is 5.56 Å². The second-order valence-corrected chi connectivity index (χ2v) is 6.33. The maximum Gasteiger partial charge on any atom is 0.261 e. The average Bonchev–Trinajstić information content (AvgIpc) is 2.52. The van der Waals surface area contributed by atoms with Crippen LogP contribution in [0.5, 0.6) is 5.75 Å². The Balaban J connectivity index is 1.68. The minimum Gasteiger partial charge on any atom is -0.491 e. The van der Waals surface area contributed by atoms with Gasteiger partial charge in [-0.05, 0) is 50.1 Å². The molecule has 1 aromatic rings. The van der Waals surface area contributed by atoms with Crippen molar-refractivity contribution in [1.29, 1.82) is 0 Å². The van der Waals surface area contributed by atoms with Gasteiger partial charge in [-0.25, -0.2) is 0 Å². The van der Waals surface area contributed by atoms with E-state index in [-0.39, 0.29) is 12.0 Å². The number of rotatable bonds is 7. The van der Waals surface area contributed by atoms with Crippen LogP contribution in [-0.2, 0) is 4.74 Å². The lowest BCUT2D eigenvalue weighted by molar-refractivity contribution is 0.0410. The van der Waals surface area contributed by atoms with Crippen LogP contribution in [0.4, 0.5) is 0 Å². The predicted octanol–water partition coefficient (Wildman–Crippen LogP) is 2.18. The van der Waals surface area contributed by atoms with Gasteiger partial charge in [-0.3, -0.25) is 14.4 Å². The SMILES string of the molecule is CC(C)Oc1ccc(C(=O)NSCCN2CCOCC2)cc1. The second-order valence-electron chi connectivity index (χ2n) is 5.42. The van der Waals surface area contributed by atoms with Crippen molar-refractivity contribution in [3.63, 3.8) is 0 Å². The van der Waals surface area contributed by atoms with E-state index < -0.39 is 0 Å². The van der Waals surface area contributed by atoms with Gasteiger partial charge in [-0.1, -0.05) is 0 Å². The van der Waals surface area contributed by atoms with E-state index in [1.165, 1.54) is 11.9 Å². The van der Waals surface area contributed by atoms with Gasteiger partial charge in [0.05, 0.1) is 19.3 Å². The summed E-state index contributed by atoms with van der Waals surface area (Å²) >= 11 is 1.45. The lowest BCUT2D eigenvalue weighted by atomic mass is 10.2. The molecule has 122 valence electrons. The zero-order valence-electron chi connectivity index (χ0n) is 13.2. The van der Waals surface area contributed by atoms with Gasteiger partial charge in [0, 0.05) is 31.0 Å². The van der Waals surface area contributed by atoms with Crippen molar-refractivity contribution in [3.05, 3.63) is 29.8 Å². The van der Waals surface area contributed by atoms with Gasteiger partial charge in [-0.15, -0.1) is 0 Å². The standard InChI is InChI=1S/C16H24N2O3S/c1-13(2)21-15-5-3-14(4-6-15)16(19)17-22-12-9-18-7-10-20-11-8-18/h3-6,13H,7-12H2,1-2H3,(H,17,19). The second kappa shape index (κ2) is 9.02. The fourth-order valence-corrected chi connectivity index (χ4v) is 2.83. The van der Waals surface area contributed by atoms with Crippen LogP contribution < -0.4 is 9.46 Å². The number of morpholine rings is 1. The minimum atomic E-state index is -0.0666. The Morgan fingerprint density at radius 3 is 2.64 bits per heavy atom. The lowest BCUT2D eigenvalue weighted by Gasteiger charge is -2.26. The van der Waals surface area contributed by atoms with Crippen molar-refractivity contribution in [1.82, 2.24) is 9.62 Å². The lowest BCUT2D eigenvalue weighted by Crippen LogP contribution is -2.38. The molecule has 0 atom stereocenters. The Kier molecular flexibility index (Phi) is 7.02. The summed E-state index contributed by atoms with van der Waals surface area (Å²) in [7, 11) is 0. The first-order valence-corrected chi connectivity index (χ1v) is 8.62. The third kappa shape index (κ3) is 5.87.